The van der Waals surface area contributed by atoms with Crippen molar-refractivity contribution < 1.29 is 19.8 Å². The first-order valence-corrected chi connectivity index (χ1v) is 5.72. The van der Waals surface area contributed by atoms with Crippen LogP contribution in [-0.2, 0) is 16.0 Å². The van der Waals surface area contributed by atoms with Crippen LogP contribution in [0.2, 0.25) is 0 Å². The highest BCUT2D eigenvalue weighted by atomic mass is 32.2. The summed E-state index contributed by atoms with van der Waals surface area (Å²) < 4.78 is 0. The molecule has 0 aliphatic heterocycles. The number of carbonyl (C=O) groups is 2. The lowest BCUT2D eigenvalue weighted by atomic mass is 10.2. The quantitative estimate of drug-likeness (QED) is 0.742. The van der Waals surface area contributed by atoms with Crippen molar-refractivity contribution in [3.63, 3.8) is 0 Å². The average molecular weight is 240 g/mol. The van der Waals surface area contributed by atoms with Gasteiger partial charge < -0.3 is 10.2 Å². The predicted molar refractivity (Wildman–Crippen MR) is 60.8 cm³/mol. The summed E-state index contributed by atoms with van der Waals surface area (Å²) in [5, 5.41) is 17.0. The van der Waals surface area contributed by atoms with Gasteiger partial charge in [0.25, 0.3) is 0 Å². The van der Waals surface area contributed by atoms with Crippen molar-refractivity contribution >= 4 is 23.7 Å². The molecule has 1 rings (SSSR count). The van der Waals surface area contributed by atoms with E-state index in [1.54, 1.807) is 12.1 Å². The number of rotatable bonds is 6. The number of hydrogen-bond donors (Lipinski definition) is 2. The Morgan fingerprint density at radius 1 is 1.06 bits per heavy atom. The van der Waals surface area contributed by atoms with E-state index in [0.29, 0.717) is 5.75 Å². The zero-order valence-electron chi connectivity index (χ0n) is 8.55. The number of carboxylic acid groups (broad SMARTS) is 2. The minimum Gasteiger partial charge on any atom is -0.481 e. The zero-order chi connectivity index (χ0) is 12.0. The highest BCUT2D eigenvalue weighted by molar-refractivity contribution is 7.99. The van der Waals surface area contributed by atoms with E-state index in [1.165, 1.54) is 11.8 Å². The summed E-state index contributed by atoms with van der Waals surface area (Å²) in [5.74, 6) is -1.14. The van der Waals surface area contributed by atoms with Crippen molar-refractivity contribution in [1.29, 1.82) is 0 Å². The first kappa shape index (κ1) is 12.6. The number of hydrogen-bond acceptors (Lipinski definition) is 3. The van der Waals surface area contributed by atoms with Crippen molar-refractivity contribution in [3.8, 4) is 0 Å². The number of carboxylic acids is 2. The Morgan fingerprint density at radius 3 is 2.19 bits per heavy atom. The van der Waals surface area contributed by atoms with Crippen LogP contribution in [-0.4, -0.2) is 27.9 Å². The largest absolute Gasteiger partial charge is 0.481 e. The lowest BCUT2D eigenvalue weighted by Crippen LogP contribution is -1.99. The molecule has 0 atom stereocenters. The van der Waals surface area contributed by atoms with Crippen LogP contribution in [0.25, 0.3) is 0 Å². The molecule has 0 saturated heterocycles. The molecule has 0 amide bonds. The fourth-order valence-corrected chi connectivity index (χ4v) is 1.98. The standard InChI is InChI=1S/C11H12O4S/c12-10(13)5-6-16-9-3-1-8(2-4-9)7-11(14)15/h1-4H,5-7H2,(H,12,13)(H,14,15). The lowest BCUT2D eigenvalue weighted by Gasteiger charge is -2.01. The van der Waals surface area contributed by atoms with Crippen molar-refractivity contribution in [2.75, 3.05) is 5.75 Å². The molecule has 2 N–H and O–H groups in total. The minimum atomic E-state index is -0.855. The second kappa shape index (κ2) is 6.17. The van der Waals surface area contributed by atoms with Crippen molar-refractivity contribution in [1.82, 2.24) is 0 Å². The summed E-state index contributed by atoms with van der Waals surface area (Å²) >= 11 is 1.45. The second-order valence-electron chi connectivity index (χ2n) is 3.21. The Morgan fingerprint density at radius 2 is 1.69 bits per heavy atom. The van der Waals surface area contributed by atoms with Gasteiger partial charge in [-0.2, -0.15) is 0 Å². The Labute approximate surface area is 97.3 Å². The predicted octanol–water partition coefficient (Wildman–Crippen LogP) is 1.88. The smallest absolute Gasteiger partial charge is 0.307 e. The lowest BCUT2D eigenvalue weighted by molar-refractivity contribution is -0.137. The molecule has 0 spiro atoms. The van der Waals surface area contributed by atoms with E-state index in [0.717, 1.165) is 10.5 Å². The van der Waals surface area contributed by atoms with Gasteiger partial charge in [-0.25, -0.2) is 0 Å². The van der Waals surface area contributed by atoms with Gasteiger partial charge in [0.2, 0.25) is 0 Å². The fraction of sp³-hybridized carbons (Fsp3) is 0.273. The van der Waals surface area contributed by atoms with Gasteiger partial charge in [-0.3, -0.25) is 9.59 Å². The van der Waals surface area contributed by atoms with Crippen LogP contribution in [0.5, 0.6) is 0 Å². The number of benzene rings is 1. The molecular weight excluding hydrogens is 228 g/mol. The number of aliphatic carboxylic acids is 2. The Balaban J connectivity index is 2.45. The molecule has 0 unspecified atom stereocenters. The van der Waals surface area contributed by atoms with Crippen molar-refractivity contribution in [2.45, 2.75) is 17.7 Å². The zero-order valence-corrected chi connectivity index (χ0v) is 9.37. The summed E-state index contributed by atoms with van der Waals surface area (Å²) in [6, 6.07) is 7.12. The first-order valence-electron chi connectivity index (χ1n) is 4.73. The van der Waals surface area contributed by atoms with E-state index in [9.17, 15) is 9.59 Å². The van der Waals surface area contributed by atoms with Gasteiger partial charge in [-0.1, -0.05) is 12.1 Å². The molecule has 0 aromatic heterocycles. The maximum Gasteiger partial charge on any atom is 0.307 e. The van der Waals surface area contributed by atoms with Crippen LogP contribution in [0.3, 0.4) is 0 Å². The highest BCUT2D eigenvalue weighted by Gasteiger charge is 2.01. The first-order chi connectivity index (χ1) is 7.58. The van der Waals surface area contributed by atoms with Crippen LogP contribution in [0.15, 0.2) is 29.2 Å². The molecule has 0 bridgehead atoms. The third-order valence-corrected chi connectivity index (χ3v) is 2.88. The normalized spacial score (nSPS) is 10.0. The summed E-state index contributed by atoms with van der Waals surface area (Å²) in [4.78, 5) is 21.7. The maximum atomic E-state index is 10.4. The molecule has 4 nitrogen and oxygen atoms in total. The molecule has 16 heavy (non-hydrogen) atoms. The van der Waals surface area contributed by atoms with Gasteiger partial charge in [-0.15, -0.1) is 11.8 Å². The molecule has 5 heteroatoms. The summed E-state index contributed by atoms with van der Waals surface area (Å²) in [6.07, 6.45) is 0.140. The SMILES string of the molecule is O=C(O)CCSc1ccc(CC(=O)O)cc1. The van der Waals surface area contributed by atoms with E-state index in [-0.39, 0.29) is 12.8 Å². The van der Waals surface area contributed by atoms with E-state index in [4.69, 9.17) is 10.2 Å². The summed E-state index contributed by atoms with van der Waals surface area (Å²) in [7, 11) is 0. The van der Waals surface area contributed by atoms with Gasteiger partial charge >= 0.3 is 11.9 Å². The van der Waals surface area contributed by atoms with E-state index in [1.807, 2.05) is 12.1 Å². The van der Waals surface area contributed by atoms with E-state index in [2.05, 4.69) is 0 Å². The molecule has 0 heterocycles. The molecule has 86 valence electrons. The minimum absolute atomic E-state index is 0.0140. The molecule has 0 aliphatic rings. The molecular formula is C11H12O4S. The van der Waals surface area contributed by atoms with E-state index < -0.39 is 11.9 Å². The van der Waals surface area contributed by atoms with Gasteiger partial charge in [0.05, 0.1) is 12.8 Å². The van der Waals surface area contributed by atoms with Crippen LogP contribution in [0.1, 0.15) is 12.0 Å². The monoisotopic (exact) mass is 240 g/mol. The molecule has 0 aliphatic carbocycles. The van der Waals surface area contributed by atoms with Gasteiger partial charge in [0, 0.05) is 10.6 Å². The van der Waals surface area contributed by atoms with Crippen LogP contribution < -0.4 is 0 Å². The topological polar surface area (TPSA) is 74.6 Å². The van der Waals surface area contributed by atoms with Gasteiger partial charge in [-0.05, 0) is 17.7 Å². The fourth-order valence-electron chi connectivity index (χ4n) is 1.13. The average Bonchev–Trinajstić information content (AvgIpc) is 2.19. The van der Waals surface area contributed by atoms with Crippen LogP contribution >= 0.6 is 11.8 Å². The number of thioether (sulfide) groups is 1. The van der Waals surface area contributed by atoms with Crippen LogP contribution in [0.4, 0.5) is 0 Å². The van der Waals surface area contributed by atoms with Gasteiger partial charge in [0.15, 0.2) is 0 Å². The molecule has 0 radical (unpaired) electrons. The van der Waals surface area contributed by atoms with E-state index >= 15 is 0 Å². The third-order valence-electron chi connectivity index (χ3n) is 1.86. The summed E-state index contributed by atoms with van der Waals surface area (Å²) in [6.45, 7) is 0. The molecule has 1 aromatic rings. The van der Waals surface area contributed by atoms with Gasteiger partial charge in [0.1, 0.15) is 0 Å². The third kappa shape index (κ3) is 4.84. The summed E-state index contributed by atoms with van der Waals surface area (Å²) in [5.41, 5.74) is 0.745. The molecule has 0 saturated carbocycles. The van der Waals surface area contributed by atoms with Crippen LogP contribution in [0, 0.1) is 0 Å². The van der Waals surface area contributed by atoms with Crippen molar-refractivity contribution in [3.05, 3.63) is 29.8 Å². The molecule has 1 aromatic carbocycles. The Bertz CT molecular complexity index is 372. The molecule has 0 fully saturated rings. The second-order valence-corrected chi connectivity index (χ2v) is 4.37. The Hall–Kier alpha value is -1.49. The Kier molecular flexibility index (Phi) is 4.85. The highest BCUT2D eigenvalue weighted by Crippen LogP contribution is 2.19. The maximum absolute atomic E-state index is 10.4. The van der Waals surface area contributed by atoms with Crippen molar-refractivity contribution in [2.24, 2.45) is 0 Å².